The fraction of sp³-hybridized carbons (Fsp3) is 0.579. The van der Waals surface area contributed by atoms with Gasteiger partial charge in [-0.2, -0.15) is 0 Å². The minimum atomic E-state index is -0.0471. The summed E-state index contributed by atoms with van der Waals surface area (Å²) >= 11 is 0. The van der Waals surface area contributed by atoms with Crippen molar-refractivity contribution in [1.82, 2.24) is 9.80 Å². The average Bonchev–Trinajstić information content (AvgIpc) is 2.56. The van der Waals surface area contributed by atoms with Gasteiger partial charge >= 0.3 is 0 Å². The van der Waals surface area contributed by atoms with Gasteiger partial charge in [0, 0.05) is 19.5 Å². The second-order valence-electron chi connectivity index (χ2n) is 6.83. The first-order valence-corrected chi connectivity index (χ1v) is 8.86. The van der Waals surface area contributed by atoms with Crippen molar-refractivity contribution >= 4 is 11.8 Å². The van der Waals surface area contributed by atoms with Gasteiger partial charge in [0.25, 0.3) is 0 Å². The van der Waals surface area contributed by atoms with Crippen LogP contribution in [0.2, 0.25) is 0 Å². The lowest BCUT2D eigenvalue weighted by molar-refractivity contribution is -0.148. The first-order chi connectivity index (χ1) is 11.6. The summed E-state index contributed by atoms with van der Waals surface area (Å²) in [5, 5.41) is 0. The molecular weight excluding hydrogens is 304 g/mol. The zero-order valence-electron chi connectivity index (χ0n) is 14.5. The van der Waals surface area contributed by atoms with Crippen LogP contribution in [0.1, 0.15) is 31.7 Å². The number of likely N-dealkylation sites (tertiary alicyclic amines) is 2. The number of rotatable bonds is 4. The van der Waals surface area contributed by atoms with Crippen LogP contribution in [0.15, 0.2) is 24.3 Å². The highest BCUT2D eigenvalue weighted by molar-refractivity contribution is 5.82. The molecule has 2 heterocycles. The maximum absolute atomic E-state index is 12.6. The molecule has 0 N–H and O–H groups in total. The summed E-state index contributed by atoms with van der Waals surface area (Å²) in [5.74, 6) is 1.14. The highest BCUT2D eigenvalue weighted by Crippen LogP contribution is 2.24. The van der Waals surface area contributed by atoms with E-state index in [1.165, 1.54) is 5.56 Å². The van der Waals surface area contributed by atoms with Crippen LogP contribution in [-0.2, 0) is 9.59 Å². The largest absolute Gasteiger partial charge is 0.487 e. The molecule has 1 unspecified atom stereocenters. The molecule has 2 amide bonds. The topological polar surface area (TPSA) is 49.9 Å². The lowest BCUT2D eigenvalue weighted by Crippen LogP contribution is -2.59. The molecule has 2 fully saturated rings. The molecule has 0 aromatic heterocycles. The van der Waals surface area contributed by atoms with E-state index in [-0.39, 0.29) is 23.8 Å². The second-order valence-corrected chi connectivity index (χ2v) is 6.83. The average molecular weight is 330 g/mol. The van der Waals surface area contributed by atoms with Crippen molar-refractivity contribution in [3.05, 3.63) is 29.8 Å². The monoisotopic (exact) mass is 330 g/mol. The van der Waals surface area contributed by atoms with Crippen molar-refractivity contribution in [2.45, 2.75) is 39.2 Å². The van der Waals surface area contributed by atoms with Crippen LogP contribution in [0, 0.1) is 12.8 Å². The molecular formula is C19H26N2O3. The molecule has 24 heavy (non-hydrogen) atoms. The van der Waals surface area contributed by atoms with Gasteiger partial charge in [0.2, 0.25) is 11.8 Å². The number of carbonyl (C=O) groups is 2. The van der Waals surface area contributed by atoms with Crippen LogP contribution in [-0.4, -0.2) is 53.9 Å². The van der Waals surface area contributed by atoms with Crippen molar-refractivity contribution in [3.63, 3.8) is 0 Å². The fourth-order valence-electron chi connectivity index (χ4n) is 3.46. The van der Waals surface area contributed by atoms with Crippen LogP contribution < -0.4 is 4.74 Å². The van der Waals surface area contributed by atoms with Crippen LogP contribution in [0.5, 0.6) is 5.75 Å². The summed E-state index contributed by atoms with van der Waals surface area (Å²) in [4.78, 5) is 28.2. The van der Waals surface area contributed by atoms with E-state index in [4.69, 9.17) is 4.74 Å². The predicted octanol–water partition coefficient (Wildman–Crippen LogP) is 2.23. The molecule has 2 aliphatic heterocycles. The molecule has 5 nitrogen and oxygen atoms in total. The van der Waals surface area contributed by atoms with Gasteiger partial charge in [-0.15, -0.1) is 0 Å². The quantitative estimate of drug-likeness (QED) is 0.851. The molecule has 3 rings (SSSR count). The van der Waals surface area contributed by atoms with Gasteiger partial charge in [0.05, 0.1) is 19.0 Å². The molecule has 1 atom stereocenters. The summed E-state index contributed by atoms with van der Waals surface area (Å²) in [5.41, 5.74) is 1.17. The SMILES string of the molecule is CCC(=O)N1CCCC(C(=O)N2CC(Oc3cccc(C)c3)C2)C1. The van der Waals surface area contributed by atoms with Gasteiger partial charge in [0.15, 0.2) is 0 Å². The molecule has 0 bridgehead atoms. The van der Waals surface area contributed by atoms with E-state index in [1.54, 1.807) is 0 Å². The smallest absolute Gasteiger partial charge is 0.227 e. The lowest BCUT2D eigenvalue weighted by atomic mass is 9.94. The third-order valence-electron chi connectivity index (χ3n) is 4.88. The Hall–Kier alpha value is -2.04. The summed E-state index contributed by atoms with van der Waals surface area (Å²) in [6.45, 7) is 6.56. The molecule has 1 aromatic rings. The van der Waals surface area contributed by atoms with Crippen LogP contribution in [0.4, 0.5) is 0 Å². The number of aryl methyl sites for hydroxylation is 1. The summed E-state index contributed by atoms with van der Waals surface area (Å²) in [7, 11) is 0. The molecule has 0 aliphatic carbocycles. The van der Waals surface area contributed by atoms with Crippen molar-refractivity contribution in [2.75, 3.05) is 26.2 Å². The lowest BCUT2D eigenvalue weighted by Gasteiger charge is -2.42. The number of benzene rings is 1. The van der Waals surface area contributed by atoms with E-state index < -0.39 is 0 Å². The normalized spacial score (nSPS) is 21.3. The highest BCUT2D eigenvalue weighted by Gasteiger charge is 2.37. The number of hydrogen-bond donors (Lipinski definition) is 0. The molecule has 2 aliphatic rings. The zero-order chi connectivity index (χ0) is 17.1. The first-order valence-electron chi connectivity index (χ1n) is 8.86. The van der Waals surface area contributed by atoms with Crippen LogP contribution in [0.3, 0.4) is 0 Å². The Bertz CT molecular complexity index is 610. The van der Waals surface area contributed by atoms with E-state index in [0.29, 0.717) is 26.1 Å². The maximum atomic E-state index is 12.6. The number of piperidine rings is 1. The Balaban J connectivity index is 1.48. The fourth-order valence-corrected chi connectivity index (χ4v) is 3.46. The third kappa shape index (κ3) is 3.71. The van der Waals surface area contributed by atoms with Gasteiger partial charge in [-0.25, -0.2) is 0 Å². The molecule has 0 spiro atoms. The molecule has 1 aromatic carbocycles. The van der Waals surface area contributed by atoms with Crippen molar-refractivity contribution in [3.8, 4) is 5.75 Å². The van der Waals surface area contributed by atoms with Gasteiger partial charge in [0.1, 0.15) is 11.9 Å². The second kappa shape index (κ2) is 7.24. The summed E-state index contributed by atoms with van der Waals surface area (Å²) in [6.07, 6.45) is 2.38. The Labute approximate surface area is 143 Å². The Morgan fingerprint density at radius 1 is 1.21 bits per heavy atom. The number of amides is 2. The third-order valence-corrected chi connectivity index (χ3v) is 4.88. The Morgan fingerprint density at radius 3 is 2.71 bits per heavy atom. The van der Waals surface area contributed by atoms with Gasteiger partial charge in [-0.3, -0.25) is 9.59 Å². The highest BCUT2D eigenvalue weighted by atomic mass is 16.5. The minimum absolute atomic E-state index is 0.0471. The number of nitrogens with zero attached hydrogens (tertiary/aromatic N) is 2. The minimum Gasteiger partial charge on any atom is -0.487 e. The van der Waals surface area contributed by atoms with Gasteiger partial charge < -0.3 is 14.5 Å². The van der Waals surface area contributed by atoms with Crippen molar-refractivity contribution in [2.24, 2.45) is 5.92 Å². The van der Waals surface area contributed by atoms with Gasteiger partial charge in [-0.05, 0) is 37.5 Å². The number of ether oxygens (including phenoxy) is 1. The molecule has 0 radical (unpaired) electrons. The molecule has 2 saturated heterocycles. The maximum Gasteiger partial charge on any atom is 0.227 e. The van der Waals surface area contributed by atoms with E-state index in [1.807, 2.05) is 47.9 Å². The van der Waals surface area contributed by atoms with Crippen molar-refractivity contribution < 1.29 is 14.3 Å². The number of carbonyl (C=O) groups excluding carboxylic acids is 2. The van der Waals surface area contributed by atoms with E-state index >= 15 is 0 Å². The Kier molecular flexibility index (Phi) is 5.07. The molecule has 5 heteroatoms. The van der Waals surface area contributed by atoms with Gasteiger partial charge in [-0.1, -0.05) is 19.1 Å². The van der Waals surface area contributed by atoms with Crippen LogP contribution >= 0.6 is 0 Å². The van der Waals surface area contributed by atoms with E-state index in [2.05, 4.69) is 0 Å². The summed E-state index contributed by atoms with van der Waals surface area (Å²) in [6, 6.07) is 7.98. The van der Waals surface area contributed by atoms with Crippen LogP contribution in [0.25, 0.3) is 0 Å². The summed E-state index contributed by atoms with van der Waals surface area (Å²) < 4.78 is 5.92. The molecule has 130 valence electrons. The van der Waals surface area contributed by atoms with Crippen molar-refractivity contribution in [1.29, 1.82) is 0 Å². The molecule has 0 saturated carbocycles. The first kappa shape index (κ1) is 16.8. The zero-order valence-corrected chi connectivity index (χ0v) is 14.5. The van der Waals surface area contributed by atoms with E-state index in [0.717, 1.165) is 25.1 Å². The van der Waals surface area contributed by atoms with E-state index in [9.17, 15) is 9.59 Å². The number of hydrogen-bond acceptors (Lipinski definition) is 3. The Morgan fingerprint density at radius 2 is 2.00 bits per heavy atom. The standard InChI is InChI=1S/C19H26N2O3/c1-3-18(22)20-9-5-7-15(11-20)19(23)21-12-17(13-21)24-16-8-4-6-14(2)10-16/h4,6,8,10,15,17H,3,5,7,9,11-13H2,1-2H3. The predicted molar refractivity (Wildman–Crippen MR) is 91.8 cm³/mol.